The van der Waals surface area contributed by atoms with Crippen molar-refractivity contribution < 1.29 is 9.90 Å². The number of carbonyl (C=O) groups is 1. The van der Waals surface area contributed by atoms with E-state index < -0.39 is 20.1 Å². The highest BCUT2D eigenvalue weighted by Gasteiger charge is 2.29. The zero-order valence-electron chi connectivity index (χ0n) is 9.34. The molecule has 0 bridgehead atoms. The van der Waals surface area contributed by atoms with Crippen LogP contribution >= 0.6 is 0 Å². The van der Waals surface area contributed by atoms with E-state index >= 15 is 0 Å². The largest absolute Gasteiger partial charge is 0.480 e. The van der Waals surface area contributed by atoms with Gasteiger partial charge in [0.2, 0.25) is 0 Å². The molecule has 0 aliphatic carbocycles. The molecule has 82 valence electrons. The van der Waals surface area contributed by atoms with Crippen molar-refractivity contribution in [1.82, 2.24) is 5.32 Å². The monoisotopic (exact) mass is 215 g/mol. The van der Waals surface area contributed by atoms with Crippen molar-refractivity contribution >= 4 is 14.0 Å². The number of carboxylic acids is 1. The second-order valence-electron chi connectivity index (χ2n) is 5.17. The van der Waals surface area contributed by atoms with Gasteiger partial charge in [-0.15, -0.1) is 0 Å². The van der Waals surface area contributed by atoms with Crippen molar-refractivity contribution in [3.05, 3.63) is 0 Å². The van der Waals surface area contributed by atoms with Gasteiger partial charge in [0.15, 0.2) is 0 Å². The fourth-order valence-corrected chi connectivity index (χ4v) is 4.50. The fourth-order valence-electron chi connectivity index (χ4n) is 1.99. The Kier molecular flexibility index (Phi) is 3.72. The number of hydrogen-bond donors (Lipinski definition) is 2. The van der Waals surface area contributed by atoms with Crippen LogP contribution in [-0.2, 0) is 4.79 Å². The number of rotatable bonds is 3. The Morgan fingerprint density at radius 1 is 1.43 bits per heavy atom. The summed E-state index contributed by atoms with van der Waals surface area (Å²) in [7, 11) is -0.898. The molecule has 1 aliphatic heterocycles. The highest BCUT2D eigenvalue weighted by molar-refractivity contribution is 6.77. The van der Waals surface area contributed by atoms with E-state index in [-0.39, 0.29) is 0 Å². The van der Waals surface area contributed by atoms with Crippen LogP contribution < -0.4 is 5.32 Å². The molecule has 0 aromatic heterocycles. The highest BCUT2D eigenvalue weighted by Crippen LogP contribution is 2.28. The maximum Gasteiger partial charge on any atom is 0.320 e. The van der Waals surface area contributed by atoms with E-state index in [9.17, 15) is 4.79 Å². The van der Waals surface area contributed by atoms with Gasteiger partial charge in [-0.3, -0.25) is 4.79 Å². The van der Waals surface area contributed by atoms with Crippen LogP contribution in [0.3, 0.4) is 0 Å². The Balaban J connectivity index is 2.32. The van der Waals surface area contributed by atoms with Crippen molar-refractivity contribution in [1.29, 1.82) is 0 Å². The maximum atomic E-state index is 10.6. The smallest absolute Gasteiger partial charge is 0.320 e. The van der Waals surface area contributed by atoms with E-state index in [0.29, 0.717) is 6.04 Å². The third-order valence-electron chi connectivity index (χ3n) is 3.20. The normalized spacial score (nSPS) is 24.5. The summed E-state index contributed by atoms with van der Waals surface area (Å²) in [5.74, 6) is -0.743. The van der Waals surface area contributed by atoms with E-state index in [4.69, 9.17) is 5.11 Å². The lowest BCUT2D eigenvalue weighted by atomic mass is 10.1. The summed E-state index contributed by atoms with van der Waals surface area (Å²) in [5.41, 5.74) is 0. The zero-order valence-corrected chi connectivity index (χ0v) is 10.3. The van der Waals surface area contributed by atoms with Gasteiger partial charge >= 0.3 is 5.97 Å². The molecule has 0 amide bonds. The van der Waals surface area contributed by atoms with Crippen LogP contribution in [-0.4, -0.2) is 31.2 Å². The quantitative estimate of drug-likeness (QED) is 0.707. The van der Waals surface area contributed by atoms with Crippen molar-refractivity contribution in [2.24, 2.45) is 0 Å². The zero-order chi connectivity index (χ0) is 10.8. The minimum Gasteiger partial charge on any atom is -0.480 e. The number of nitrogens with one attached hydrogen (secondary N) is 1. The molecular formula is C10H21NO2Si. The van der Waals surface area contributed by atoms with E-state index in [1.54, 1.807) is 6.92 Å². The first-order valence-corrected chi connectivity index (χ1v) is 8.81. The lowest BCUT2D eigenvalue weighted by Crippen LogP contribution is -2.45. The summed E-state index contributed by atoms with van der Waals surface area (Å²) in [6.07, 6.45) is 2.33. The fraction of sp³-hybridized carbons (Fsp3) is 0.900. The number of hydrogen-bond acceptors (Lipinski definition) is 2. The first-order chi connectivity index (χ1) is 6.41. The molecule has 1 atom stereocenters. The summed E-state index contributed by atoms with van der Waals surface area (Å²) in [4.78, 5) is 10.6. The molecule has 14 heavy (non-hydrogen) atoms. The Morgan fingerprint density at radius 3 is 2.36 bits per heavy atom. The maximum absolute atomic E-state index is 10.6. The molecule has 0 radical (unpaired) electrons. The predicted octanol–water partition coefficient (Wildman–Crippen LogP) is 1.92. The van der Waals surface area contributed by atoms with Gasteiger partial charge in [-0.2, -0.15) is 0 Å². The van der Waals surface area contributed by atoms with Gasteiger partial charge in [-0.25, -0.2) is 0 Å². The molecule has 0 spiro atoms. The Hall–Kier alpha value is -0.353. The second kappa shape index (κ2) is 4.44. The third-order valence-corrected chi connectivity index (χ3v) is 6.48. The number of aliphatic carboxylic acids is 1. The highest BCUT2D eigenvalue weighted by atomic mass is 28.3. The molecule has 1 saturated heterocycles. The Labute approximate surface area is 86.9 Å². The van der Waals surface area contributed by atoms with E-state index in [1.165, 1.54) is 12.1 Å². The second-order valence-corrected chi connectivity index (χ2v) is 10.5. The summed E-state index contributed by atoms with van der Waals surface area (Å²) >= 11 is 0. The van der Waals surface area contributed by atoms with Crippen molar-refractivity contribution in [2.45, 2.75) is 57.0 Å². The molecule has 4 heteroatoms. The van der Waals surface area contributed by atoms with Gasteiger partial charge < -0.3 is 10.4 Å². The van der Waals surface area contributed by atoms with Crippen LogP contribution in [0.2, 0.25) is 25.2 Å². The molecule has 1 aliphatic rings. The summed E-state index contributed by atoms with van der Waals surface area (Å²) in [5, 5.41) is 11.9. The molecule has 0 aromatic carbocycles. The average molecular weight is 215 g/mol. The molecule has 2 N–H and O–H groups in total. The lowest BCUT2D eigenvalue weighted by molar-refractivity contribution is -0.139. The topological polar surface area (TPSA) is 49.3 Å². The molecule has 0 saturated carbocycles. The molecule has 1 heterocycles. The minimum atomic E-state index is -0.898. The first-order valence-electron chi connectivity index (χ1n) is 5.39. The van der Waals surface area contributed by atoms with Gasteiger partial charge in [0, 0.05) is 14.1 Å². The molecule has 1 rings (SSSR count). The van der Waals surface area contributed by atoms with Crippen molar-refractivity contribution in [2.75, 3.05) is 0 Å². The van der Waals surface area contributed by atoms with Crippen LogP contribution in [0, 0.1) is 0 Å². The summed E-state index contributed by atoms with van der Waals surface area (Å²) in [6.45, 7) is 6.56. The first kappa shape index (κ1) is 11.7. The van der Waals surface area contributed by atoms with Crippen LogP contribution in [0.5, 0.6) is 0 Å². The van der Waals surface area contributed by atoms with E-state index in [2.05, 4.69) is 18.4 Å². The molecule has 1 fully saturated rings. The van der Waals surface area contributed by atoms with Gasteiger partial charge in [0.1, 0.15) is 6.04 Å². The Bertz CT molecular complexity index is 208. The van der Waals surface area contributed by atoms with Crippen LogP contribution in [0.25, 0.3) is 0 Å². The molecule has 0 aromatic rings. The van der Waals surface area contributed by atoms with Gasteiger partial charge in [0.05, 0.1) is 0 Å². The SMILES string of the molecule is C[C@H](NC1CC[Si](C)(C)CC1)C(=O)O. The minimum absolute atomic E-state index is 0.400. The number of carboxylic acid groups (broad SMARTS) is 1. The Morgan fingerprint density at radius 2 is 1.93 bits per heavy atom. The van der Waals surface area contributed by atoms with E-state index in [1.807, 2.05) is 0 Å². The van der Waals surface area contributed by atoms with Crippen LogP contribution in [0.15, 0.2) is 0 Å². The third kappa shape index (κ3) is 3.42. The summed E-state index contributed by atoms with van der Waals surface area (Å²) in [6, 6.07) is 2.69. The van der Waals surface area contributed by atoms with Gasteiger partial charge in [-0.1, -0.05) is 25.2 Å². The van der Waals surface area contributed by atoms with Crippen molar-refractivity contribution in [3.63, 3.8) is 0 Å². The standard InChI is InChI=1S/C10H21NO2Si/c1-8(10(12)13)11-9-4-6-14(2,3)7-5-9/h8-9,11H,4-7H2,1-3H3,(H,12,13)/t8-/m0/s1. The molecule has 0 unspecified atom stereocenters. The summed E-state index contributed by atoms with van der Waals surface area (Å²) < 4.78 is 0. The predicted molar refractivity (Wildman–Crippen MR) is 60.4 cm³/mol. The van der Waals surface area contributed by atoms with Crippen LogP contribution in [0.4, 0.5) is 0 Å². The lowest BCUT2D eigenvalue weighted by Gasteiger charge is -2.34. The van der Waals surface area contributed by atoms with Crippen LogP contribution in [0.1, 0.15) is 19.8 Å². The van der Waals surface area contributed by atoms with E-state index in [0.717, 1.165) is 12.8 Å². The average Bonchev–Trinajstić information content (AvgIpc) is 2.08. The molecule has 3 nitrogen and oxygen atoms in total. The van der Waals surface area contributed by atoms with Crippen molar-refractivity contribution in [3.8, 4) is 0 Å². The van der Waals surface area contributed by atoms with Gasteiger partial charge in [0.25, 0.3) is 0 Å². The molecular weight excluding hydrogens is 194 g/mol. The van der Waals surface area contributed by atoms with Gasteiger partial charge in [-0.05, 0) is 19.8 Å².